The molecule has 1 fully saturated rings. The van der Waals surface area contributed by atoms with Crippen LogP contribution in [-0.2, 0) is 9.53 Å². The van der Waals surface area contributed by atoms with Gasteiger partial charge in [-0.05, 0) is 18.8 Å². The van der Waals surface area contributed by atoms with E-state index in [0.29, 0.717) is 0 Å². The molecule has 0 aliphatic heterocycles. The summed E-state index contributed by atoms with van der Waals surface area (Å²) in [4.78, 5) is 23.4. The van der Waals surface area contributed by atoms with Crippen LogP contribution in [0.15, 0.2) is 0 Å². The maximum atomic E-state index is 11.8. The summed E-state index contributed by atoms with van der Waals surface area (Å²) >= 11 is 0. The van der Waals surface area contributed by atoms with E-state index in [1.807, 2.05) is 13.8 Å². The van der Waals surface area contributed by atoms with Gasteiger partial charge in [0.25, 0.3) is 0 Å². The van der Waals surface area contributed by atoms with E-state index >= 15 is 0 Å². The van der Waals surface area contributed by atoms with E-state index in [1.165, 1.54) is 7.11 Å². The third kappa shape index (κ3) is 4.20. The molecule has 1 aliphatic carbocycles. The fraction of sp³-hybridized carbons (Fsp3) is 0.846. The Hall–Kier alpha value is -1.26. The van der Waals surface area contributed by atoms with E-state index in [0.717, 1.165) is 32.1 Å². The minimum Gasteiger partial charge on any atom is -0.467 e. The van der Waals surface area contributed by atoms with E-state index < -0.39 is 6.04 Å². The molecule has 0 heterocycles. The maximum Gasteiger partial charge on any atom is 0.328 e. The predicted octanol–water partition coefficient (Wildman–Crippen LogP) is 1.82. The van der Waals surface area contributed by atoms with E-state index in [1.54, 1.807) is 0 Å². The Labute approximate surface area is 109 Å². The van der Waals surface area contributed by atoms with Gasteiger partial charge >= 0.3 is 12.0 Å². The van der Waals surface area contributed by atoms with Gasteiger partial charge in [-0.1, -0.05) is 33.1 Å². The van der Waals surface area contributed by atoms with E-state index in [9.17, 15) is 9.59 Å². The number of hydrogen-bond acceptors (Lipinski definition) is 3. The summed E-state index contributed by atoms with van der Waals surface area (Å²) in [7, 11) is 1.34. The molecular formula is C13H24N2O3. The highest BCUT2D eigenvalue weighted by Gasteiger charge is 2.27. The van der Waals surface area contributed by atoms with Crippen LogP contribution in [0, 0.1) is 5.92 Å². The van der Waals surface area contributed by atoms with Crippen LogP contribution in [0.2, 0.25) is 0 Å². The topological polar surface area (TPSA) is 67.4 Å². The van der Waals surface area contributed by atoms with Crippen molar-refractivity contribution in [2.75, 3.05) is 7.11 Å². The fourth-order valence-corrected chi connectivity index (χ4v) is 2.23. The molecule has 0 spiro atoms. The van der Waals surface area contributed by atoms with Crippen molar-refractivity contribution in [3.63, 3.8) is 0 Å². The number of nitrogens with one attached hydrogen (secondary N) is 2. The number of methoxy groups -OCH3 is 1. The Morgan fingerprint density at radius 2 is 1.94 bits per heavy atom. The van der Waals surface area contributed by atoms with Crippen molar-refractivity contribution in [1.82, 2.24) is 10.6 Å². The third-order valence-corrected chi connectivity index (χ3v) is 3.65. The molecule has 0 saturated heterocycles. The van der Waals surface area contributed by atoms with Crippen LogP contribution < -0.4 is 10.6 Å². The molecule has 1 rings (SSSR count). The van der Waals surface area contributed by atoms with Crippen LogP contribution in [0.4, 0.5) is 4.79 Å². The molecule has 1 aliphatic rings. The summed E-state index contributed by atoms with van der Waals surface area (Å²) in [6, 6.07) is -0.584. The molecule has 5 heteroatoms. The van der Waals surface area contributed by atoms with Gasteiger partial charge in [-0.25, -0.2) is 9.59 Å². The zero-order valence-electron chi connectivity index (χ0n) is 11.5. The van der Waals surface area contributed by atoms with Crippen molar-refractivity contribution < 1.29 is 14.3 Å². The number of rotatable bonds is 5. The Balaban J connectivity index is 2.48. The molecule has 2 N–H and O–H groups in total. The lowest BCUT2D eigenvalue weighted by Gasteiger charge is -2.23. The van der Waals surface area contributed by atoms with Gasteiger partial charge in [-0.3, -0.25) is 0 Å². The molecule has 1 saturated carbocycles. The molecule has 0 bridgehead atoms. The van der Waals surface area contributed by atoms with Gasteiger partial charge in [0, 0.05) is 6.04 Å². The third-order valence-electron chi connectivity index (χ3n) is 3.65. The van der Waals surface area contributed by atoms with Crippen molar-refractivity contribution in [2.45, 2.75) is 58.0 Å². The molecule has 0 aromatic heterocycles. The first-order valence-electron chi connectivity index (χ1n) is 6.73. The monoisotopic (exact) mass is 256 g/mol. The van der Waals surface area contributed by atoms with Gasteiger partial charge < -0.3 is 15.4 Å². The number of urea groups is 1. The van der Waals surface area contributed by atoms with Gasteiger partial charge in [-0.15, -0.1) is 0 Å². The number of hydrogen-bond donors (Lipinski definition) is 2. The quantitative estimate of drug-likeness (QED) is 0.737. The highest BCUT2D eigenvalue weighted by molar-refractivity contribution is 5.83. The summed E-state index contributed by atoms with van der Waals surface area (Å²) in [5, 5.41) is 5.63. The molecule has 0 radical (unpaired) electrons. The van der Waals surface area contributed by atoms with Crippen LogP contribution in [-0.4, -0.2) is 31.2 Å². The standard InChI is InChI=1S/C13H24N2O3/c1-4-9(2)11(12(16)18-3)15-13(17)14-10-7-5-6-8-10/h9-11H,4-8H2,1-3H3,(H2,14,15,17)/t9?,11-/m1/s1. The largest absolute Gasteiger partial charge is 0.467 e. The zero-order valence-corrected chi connectivity index (χ0v) is 11.5. The number of amides is 2. The molecule has 5 nitrogen and oxygen atoms in total. The number of esters is 1. The van der Waals surface area contributed by atoms with Crippen molar-refractivity contribution in [2.24, 2.45) is 5.92 Å². The fourth-order valence-electron chi connectivity index (χ4n) is 2.23. The predicted molar refractivity (Wildman–Crippen MR) is 69.2 cm³/mol. The molecule has 2 atom stereocenters. The van der Waals surface area contributed by atoms with Gasteiger partial charge in [0.05, 0.1) is 7.11 Å². The summed E-state index contributed by atoms with van der Waals surface area (Å²) in [5.41, 5.74) is 0. The SMILES string of the molecule is CCC(C)[C@@H](NC(=O)NC1CCCC1)C(=O)OC. The summed E-state index contributed by atoms with van der Waals surface area (Å²) < 4.78 is 4.72. The molecule has 0 aromatic rings. The Kier molecular flexibility index (Phi) is 5.95. The molecule has 1 unspecified atom stereocenters. The minimum absolute atomic E-state index is 0.0618. The van der Waals surface area contributed by atoms with Gasteiger partial charge in [0.1, 0.15) is 6.04 Å². The minimum atomic E-state index is -0.568. The van der Waals surface area contributed by atoms with Crippen molar-refractivity contribution in [1.29, 1.82) is 0 Å². The zero-order chi connectivity index (χ0) is 13.5. The van der Waals surface area contributed by atoms with Crippen molar-refractivity contribution >= 4 is 12.0 Å². The van der Waals surface area contributed by atoms with Crippen LogP contribution in [0.5, 0.6) is 0 Å². The first-order valence-corrected chi connectivity index (χ1v) is 6.73. The van der Waals surface area contributed by atoms with Gasteiger partial charge in [0.2, 0.25) is 0 Å². The average Bonchev–Trinajstić information content (AvgIpc) is 2.86. The first-order chi connectivity index (χ1) is 8.58. The second kappa shape index (κ2) is 7.24. The summed E-state index contributed by atoms with van der Waals surface area (Å²) in [6.07, 6.45) is 5.19. The summed E-state index contributed by atoms with van der Waals surface area (Å²) in [5.74, 6) is -0.322. The Morgan fingerprint density at radius 3 is 2.44 bits per heavy atom. The normalized spacial score (nSPS) is 19.1. The van der Waals surface area contributed by atoms with Gasteiger partial charge in [0.15, 0.2) is 0 Å². The number of carbonyl (C=O) groups excluding carboxylic acids is 2. The molecular weight excluding hydrogens is 232 g/mol. The van der Waals surface area contributed by atoms with E-state index in [2.05, 4.69) is 10.6 Å². The average molecular weight is 256 g/mol. The maximum absolute atomic E-state index is 11.8. The highest BCUT2D eigenvalue weighted by atomic mass is 16.5. The Morgan fingerprint density at radius 1 is 1.33 bits per heavy atom. The molecule has 2 amide bonds. The van der Waals surface area contributed by atoms with Gasteiger partial charge in [-0.2, -0.15) is 0 Å². The lowest BCUT2D eigenvalue weighted by Crippen LogP contribution is -2.51. The van der Waals surface area contributed by atoms with Crippen LogP contribution in [0.25, 0.3) is 0 Å². The lowest BCUT2D eigenvalue weighted by atomic mass is 9.99. The van der Waals surface area contributed by atoms with Crippen LogP contribution >= 0.6 is 0 Å². The van der Waals surface area contributed by atoms with Crippen molar-refractivity contribution in [3.05, 3.63) is 0 Å². The first kappa shape index (κ1) is 14.8. The molecule has 18 heavy (non-hydrogen) atoms. The molecule has 0 aromatic carbocycles. The number of ether oxygens (including phenoxy) is 1. The molecule has 104 valence electrons. The van der Waals surface area contributed by atoms with E-state index in [4.69, 9.17) is 4.74 Å². The van der Waals surface area contributed by atoms with E-state index in [-0.39, 0.29) is 24.0 Å². The smallest absolute Gasteiger partial charge is 0.328 e. The lowest BCUT2D eigenvalue weighted by molar-refractivity contribution is -0.144. The Bertz CT molecular complexity index is 288. The van der Waals surface area contributed by atoms with Crippen molar-refractivity contribution in [3.8, 4) is 0 Å². The number of carbonyl (C=O) groups is 2. The second-order valence-electron chi connectivity index (χ2n) is 4.99. The summed E-state index contributed by atoms with van der Waals surface area (Å²) in [6.45, 7) is 3.91. The van der Waals surface area contributed by atoms with Crippen LogP contribution in [0.1, 0.15) is 46.0 Å². The highest BCUT2D eigenvalue weighted by Crippen LogP contribution is 2.17. The van der Waals surface area contributed by atoms with Crippen LogP contribution in [0.3, 0.4) is 0 Å². The second-order valence-corrected chi connectivity index (χ2v) is 4.99.